The lowest BCUT2D eigenvalue weighted by atomic mass is 10.0. The first-order valence-electron chi connectivity index (χ1n) is 17.6. The van der Waals surface area contributed by atoms with E-state index in [-0.39, 0.29) is 11.1 Å². The van der Waals surface area contributed by atoms with Crippen molar-refractivity contribution in [1.82, 2.24) is 14.5 Å². The minimum Gasteiger partial charge on any atom is -0.497 e. The number of ether oxygens (including phenoxy) is 4. The summed E-state index contributed by atoms with van der Waals surface area (Å²) in [5, 5.41) is 3.07. The summed E-state index contributed by atoms with van der Waals surface area (Å²) < 4.78 is 23.1. The first-order chi connectivity index (χ1) is 25.9. The van der Waals surface area contributed by atoms with Gasteiger partial charge in [-0.15, -0.1) is 0 Å². The Morgan fingerprint density at radius 2 is 0.906 bits per heavy atom. The zero-order valence-electron chi connectivity index (χ0n) is 30.3. The van der Waals surface area contributed by atoms with Crippen molar-refractivity contribution < 1.29 is 18.9 Å². The van der Waals surface area contributed by atoms with Crippen molar-refractivity contribution in [3.05, 3.63) is 130 Å². The number of methoxy groups -OCH3 is 4. The van der Waals surface area contributed by atoms with Crippen LogP contribution in [-0.2, 0) is 0 Å². The van der Waals surface area contributed by atoms with Crippen LogP contribution in [0.15, 0.2) is 119 Å². The fourth-order valence-electron chi connectivity index (χ4n) is 6.97. The number of fused-ring (bicyclic) bond motifs is 2. The minimum atomic E-state index is -0.152. The van der Waals surface area contributed by atoms with E-state index < -0.39 is 0 Å². The quantitative estimate of drug-likeness (QED) is 0.164. The molecule has 10 nitrogen and oxygen atoms in total. The zero-order valence-corrected chi connectivity index (χ0v) is 30.3. The molecule has 4 aromatic carbocycles. The van der Waals surface area contributed by atoms with E-state index in [1.165, 1.54) is 19.3 Å². The second-order valence-corrected chi connectivity index (χ2v) is 12.8. The molecule has 4 heterocycles. The highest BCUT2D eigenvalue weighted by Crippen LogP contribution is 2.38. The van der Waals surface area contributed by atoms with Gasteiger partial charge in [-0.25, -0.2) is 0 Å². The van der Waals surface area contributed by atoms with Gasteiger partial charge in [-0.05, 0) is 116 Å². The predicted molar refractivity (Wildman–Crippen MR) is 212 cm³/mol. The number of aromatic nitrogens is 3. The zero-order chi connectivity index (χ0) is 36.9. The minimum absolute atomic E-state index is 0.101. The van der Waals surface area contributed by atoms with Gasteiger partial charge in [-0.3, -0.25) is 9.59 Å². The van der Waals surface area contributed by atoms with Crippen LogP contribution in [0.2, 0.25) is 0 Å². The molecule has 0 bridgehead atoms. The van der Waals surface area contributed by atoms with E-state index in [0.717, 1.165) is 69.3 Å². The van der Waals surface area contributed by atoms with Crippen molar-refractivity contribution >= 4 is 27.2 Å². The molecular weight excluding hydrogens is 668 g/mol. The van der Waals surface area contributed by atoms with Gasteiger partial charge < -0.3 is 38.4 Å². The molecule has 1 aliphatic heterocycles. The van der Waals surface area contributed by atoms with Gasteiger partial charge >= 0.3 is 0 Å². The maximum Gasteiger partial charge on any atom is 0.256 e. The van der Waals surface area contributed by atoms with Crippen molar-refractivity contribution in [2.24, 2.45) is 0 Å². The third kappa shape index (κ3) is 7.08. The van der Waals surface area contributed by atoms with Gasteiger partial charge in [-0.2, -0.15) is 0 Å². The lowest BCUT2D eigenvalue weighted by molar-refractivity contribution is 0.415. The fourth-order valence-corrected chi connectivity index (χ4v) is 6.97. The average molecular weight is 711 g/mol. The summed E-state index contributed by atoms with van der Waals surface area (Å²) in [5.74, 6) is 2.91. The Morgan fingerprint density at radius 3 is 1.36 bits per heavy atom. The van der Waals surface area contributed by atoms with Crippen LogP contribution >= 0.6 is 0 Å². The normalized spacial score (nSPS) is 12.6. The van der Waals surface area contributed by atoms with E-state index in [1.807, 2.05) is 108 Å². The molecule has 270 valence electrons. The molecule has 8 rings (SSSR count). The van der Waals surface area contributed by atoms with Crippen LogP contribution in [0.5, 0.6) is 23.0 Å². The van der Waals surface area contributed by atoms with Crippen molar-refractivity contribution in [3.8, 4) is 51.2 Å². The maximum atomic E-state index is 12.8. The summed E-state index contributed by atoms with van der Waals surface area (Å²) in [6.45, 7) is 1.99. The molecule has 7 aromatic rings. The molecule has 3 aromatic heterocycles. The number of hydrogen-bond acceptors (Lipinski definition) is 7. The Labute approximate surface area is 307 Å². The number of nitrogens with zero attached hydrogens (tertiary/aromatic N) is 2. The molecule has 0 unspecified atom stereocenters. The molecule has 2 N–H and O–H groups in total. The molecule has 0 saturated carbocycles. The Kier molecular flexibility index (Phi) is 10.2. The summed E-state index contributed by atoms with van der Waals surface area (Å²) in [4.78, 5) is 34.1. The Balaban J connectivity index is 0.000000164. The lowest BCUT2D eigenvalue weighted by Crippen LogP contribution is -2.31. The van der Waals surface area contributed by atoms with Crippen molar-refractivity contribution in [3.63, 3.8) is 0 Å². The predicted octanol–water partition coefficient (Wildman–Crippen LogP) is 8.21. The fraction of sp³-hybridized carbons (Fsp3) is 0.209. The Hall–Kier alpha value is -6.42. The molecule has 1 saturated heterocycles. The van der Waals surface area contributed by atoms with Gasteiger partial charge in [0.2, 0.25) is 0 Å². The monoisotopic (exact) mass is 710 g/mol. The lowest BCUT2D eigenvalue weighted by Gasteiger charge is -2.31. The highest BCUT2D eigenvalue weighted by Gasteiger charge is 2.21. The van der Waals surface area contributed by atoms with Crippen molar-refractivity contribution in [2.45, 2.75) is 19.3 Å². The molecular formula is C43H42N4O6. The highest BCUT2D eigenvalue weighted by molar-refractivity contribution is 6.01. The van der Waals surface area contributed by atoms with Gasteiger partial charge in [-0.1, -0.05) is 0 Å². The summed E-state index contributed by atoms with van der Waals surface area (Å²) in [7, 11) is 6.49. The topological polar surface area (TPSA) is 111 Å². The number of hydrogen-bond donors (Lipinski definition) is 2. The van der Waals surface area contributed by atoms with Crippen molar-refractivity contribution in [2.75, 3.05) is 46.4 Å². The first-order valence-corrected chi connectivity index (χ1v) is 17.6. The average Bonchev–Trinajstić information content (AvgIpc) is 3.76. The molecule has 0 aliphatic carbocycles. The third-order valence-electron chi connectivity index (χ3n) is 9.70. The van der Waals surface area contributed by atoms with E-state index in [0.29, 0.717) is 22.3 Å². The number of pyridine rings is 2. The number of rotatable bonds is 8. The number of H-pyrrole nitrogens is 2. The molecule has 1 fully saturated rings. The van der Waals surface area contributed by atoms with Crippen LogP contribution in [0.1, 0.15) is 19.3 Å². The van der Waals surface area contributed by atoms with Gasteiger partial charge in [0.05, 0.1) is 62.0 Å². The summed E-state index contributed by atoms with van der Waals surface area (Å²) >= 11 is 0. The number of piperidine rings is 1. The molecule has 0 radical (unpaired) electrons. The van der Waals surface area contributed by atoms with Gasteiger partial charge in [0, 0.05) is 47.4 Å². The number of aromatic amines is 2. The SMILES string of the molecule is COc1ccc(-c2[nH]c(=O)c3cc(OC)ccc3c2-n2cccc2)cc1.COc1ccc(-c2[nH]c(=O)c3cc(OC)ccc3c2N2CCCCC2)cc1. The molecule has 0 amide bonds. The smallest absolute Gasteiger partial charge is 0.256 e. The van der Waals surface area contributed by atoms with Crippen LogP contribution in [0, 0.1) is 0 Å². The third-order valence-corrected chi connectivity index (χ3v) is 9.70. The second kappa shape index (κ2) is 15.4. The molecule has 0 spiro atoms. The van der Waals surface area contributed by atoms with Crippen LogP contribution in [0.25, 0.3) is 49.7 Å². The van der Waals surface area contributed by atoms with Crippen LogP contribution in [0.4, 0.5) is 5.69 Å². The highest BCUT2D eigenvalue weighted by atomic mass is 16.5. The van der Waals surface area contributed by atoms with E-state index in [1.54, 1.807) is 34.5 Å². The van der Waals surface area contributed by atoms with E-state index in [9.17, 15) is 9.59 Å². The molecule has 1 aliphatic rings. The van der Waals surface area contributed by atoms with E-state index in [2.05, 4.69) is 14.9 Å². The standard InChI is InChI=1S/C22H24N2O3.C21H18N2O3/c1-26-16-8-6-15(7-9-16)20-21(24-12-4-3-5-13-24)18-11-10-17(27-2)14-19(18)22(25)23-20;1-25-15-7-5-14(6-8-15)19-20(23-11-3-4-12-23)17-10-9-16(26-2)13-18(17)21(24)22-19/h6-11,14H,3-5,12-13H2,1-2H3,(H,23,25);3-13H,1-2H3,(H,22,24). The first kappa shape index (κ1) is 35.0. The largest absolute Gasteiger partial charge is 0.497 e. The summed E-state index contributed by atoms with van der Waals surface area (Å²) in [5.41, 5.74) is 5.26. The van der Waals surface area contributed by atoms with Gasteiger partial charge in [0.1, 0.15) is 23.0 Å². The molecule has 53 heavy (non-hydrogen) atoms. The summed E-state index contributed by atoms with van der Waals surface area (Å²) in [6.07, 6.45) is 7.51. The molecule has 10 heteroatoms. The van der Waals surface area contributed by atoms with Gasteiger partial charge in [0.25, 0.3) is 11.1 Å². The maximum absolute atomic E-state index is 12.8. The summed E-state index contributed by atoms with van der Waals surface area (Å²) in [6, 6.07) is 30.7. The van der Waals surface area contributed by atoms with Crippen LogP contribution < -0.4 is 35.0 Å². The van der Waals surface area contributed by atoms with E-state index >= 15 is 0 Å². The molecule has 0 atom stereocenters. The van der Waals surface area contributed by atoms with Crippen molar-refractivity contribution in [1.29, 1.82) is 0 Å². The number of nitrogens with one attached hydrogen (secondary N) is 2. The Morgan fingerprint density at radius 1 is 0.491 bits per heavy atom. The van der Waals surface area contributed by atoms with Gasteiger partial charge in [0.15, 0.2) is 0 Å². The Bertz CT molecular complexity index is 2460. The number of anilines is 1. The van der Waals surface area contributed by atoms with Crippen LogP contribution in [-0.4, -0.2) is 56.1 Å². The number of benzene rings is 4. The van der Waals surface area contributed by atoms with Crippen LogP contribution in [0.3, 0.4) is 0 Å². The second-order valence-electron chi connectivity index (χ2n) is 12.8. The van der Waals surface area contributed by atoms with E-state index in [4.69, 9.17) is 18.9 Å².